The first-order valence-electron chi connectivity index (χ1n) is 8.66. The Morgan fingerprint density at radius 3 is 2.19 bits per heavy atom. The lowest BCUT2D eigenvalue weighted by molar-refractivity contribution is 0.404. The molecule has 0 aliphatic heterocycles. The first kappa shape index (κ1) is 20.1. The van der Waals surface area contributed by atoms with Crippen LogP contribution in [0.1, 0.15) is 0 Å². The summed E-state index contributed by atoms with van der Waals surface area (Å²) in [5.74, 6) is -1.31. The molecule has 0 bridgehead atoms. The number of hydrogen-bond acceptors (Lipinski definition) is 11. The Bertz CT molecular complexity index is 1440. The van der Waals surface area contributed by atoms with Crippen molar-refractivity contribution < 1.29 is 27.9 Å². The topological polar surface area (TPSA) is 182 Å². The summed E-state index contributed by atoms with van der Waals surface area (Å²) in [7, 11) is -3.91. The monoisotopic (exact) mass is 441 g/mol. The van der Waals surface area contributed by atoms with Gasteiger partial charge in [-0.15, -0.1) is 0 Å². The Kier molecular flexibility index (Phi) is 4.70. The number of benzene rings is 2. The van der Waals surface area contributed by atoms with Crippen LogP contribution in [0.3, 0.4) is 0 Å². The number of anilines is 1. The molecule has 11 nitrogen and oxygen atoms in total. The summed E-state index contributed by atoms with van der Waals surface area (Å²) in [5, 5.41) is 29.6. The summed E-state index contributed by atoms with van der Waals surface area (Å²) in [6.45, 7) is 0. The smallest absolute Gasteiger partial charge is 0.306 e. The third-order valence-electron chi connectivity index (χ3n) is 4.22. The van der Waals surface area contributed by atoms with Gasteiger partial charge in [0.1, 0.15) is 6.33 Å². The lowest BCUT2D eigenvalue weighted by Gasteiger charge is -2.13. The van der Waals surface area contributed by atoms with Crippen LogP contribution in [0, 0.1) is 0 Å². The molecule has 4 rings (SSSR count). The van der Waals surface area contributed by atoms with Gasteiger partial charge in [0.25, 0.3) is 0 Å². The number of nitrogen functional groups attached to an aromatic ring is 1. The van der Waals surface area contributed by atoms with Crippen LogP contribution in [0.5, 0.6) is 23.0 Å². The first-order chi connectivity index (χ1) is 14.6. The number of aromatic nitrogens is 4. The van der Waals surface area contributed by atoms with E-state index < -0.39 is 15.9 Å². The van der Waals surface area contributed by atoms with Gasteiger partial charge >= 0.3 is 10.1 Å². The van der Waals surface area contributed by atoms with Gasteiger partial charge in [0.05, 0.1) is 17.6 Å². The number of aromatic hydroxyl groups is 3. The Morgan fingerprint density at radius 1 is 0.871 bits per heavy atom. The molecule has 0 saturated carbocycles. The minimum atomic E-state index is -3.91. The zero-order chi connectivity index (χ0) is 22.3. The van der Waals surface area contributed by atoms with Gasteiger partial charge in [-0.1, -0.05) is 0 Å². The third-order valence-corrected chi connectivity index (χ3v) is 4.70. The molecule has 31 heavy (non-hydrogen) atoms. The van der Waals surface area contributed by atoms with Gasteiger partial charge in [0, 0.05) is 11.1 Å². The van der Waals surface area contributed by atoms with Crippen molar-refractivity contribution in [2.75, 3.05) is 12.0 Å². The van der Waals surface area contributed by atoms with Gasteiger partial charge in [-0.25, -0.2) is 19.9 Å². The zero-order valence-electron chi connectivity index (χ0n) is 15.9. The maximum atomic E-state index is 11.5. The van der Waals surface area contributed by atoms with E-state index >= 15 is 0 Å². The number of rotatable bonds is 4. The second kappa shape index (κ2) is 7.25. The predicted octanol–water partition coefficient (Wildman–Crippen LogP) is 1.79. The van der Waals surface area contributed by atoms with Gasteiger partial charge in [-0.2, -0.15) is 8.42 Å². The van der Waals surface area contributed by atoms with Crippen LogP contribution in [-0.4, -0.2) is 49.9 Å². The van der Waals surface area contributed by atoms with E-state index in [0.29, 0.717) is 11.1 Å². The molecule has 2 heterocycles. The SMILES string of the molecule is CS(=O)(=O)Oc1cc(-c2nc3ncnc(N)c3nc2-c2ccc(O)c(O)c2)ccc1O. The summed E-state index contributed by atoms with van der Waals surface area (Å²) in [4.78, 5) is 16.9. The molecule has 0 radical (unpaired) electrons. The van der Waals surface area contributed by atoms with Crippen molar-refractivity contribution in [2.24, 2.45) is 0 Å². The van der Waals surface area contributed by atoms with Crippen LogP contribution in [-0.2, 0) is 10.1 Å². The largest absolute Gasteiger partial charge is 0.504 e. The number of nitrogens with zero attached hydrogens (tertiary/aromatic N) is 4. The van der Waals surface area contributed by atoms with Crippen molar-refractivity contribution in [3.05, 3.63) is 42.7 Å². The molecule has 0 saturated heterocycles. The highest BCUT2D eigenvalue weighted by Crippen LogP contribution is 2.38. The van der Waals surface area contributed by atoms with E-state index in [9.17, 15) is 23.7 Å². The highest BCUT2D eigenvalue weighted by molar-refractivity contribution is 7.86. The molecule has 0 spiro atoms. The molecule has 2 aromatic heterocycles. The fraction of sp³-hybridized carbons (Fsp3) is 0.0526. The van der Waals surface area contributed by atoms with Crippen molar-refractivity contribution in [1.82, 2.24) is 19.9 Å². The van der Waals surface area contributed by atoms with Crippen molar-refractivity contribution in [3.63, 3.8) is 0 Å². The number of hydrogen-bond donors (Lipinski definition) is 4. The summed E-state index contributed by atoms with van der Waals surface area (Å²) in [6, 6.07) is 8.06. The van der Waals surface area contributed by atoms with Gasteiger partial charge in [-0.05, 0) is 36.4 Å². The molecule has 0 amide bonds. The molecular formula is C19H15N5O6S. The molecular weight excluding hydrogens is 426 g/mol. The summed E-state index contributed by atoms with van der Waals surface area (Å²) >= 11 is 0. The number of nitrogens with two attached hydrogens (primary N) is 1. The third kappa shape index (κ3) is 3.96. The van der Waals surface area contributed by atoms with E-state index in [1.165, 1.54) is 42.7 Å². The fourth-order valence-electron chi connectivity index (χ4n) is 2.86. The summed E-state index contributed by atoms with van der Waals surface area (Å²) in [5.41, 5.74) is 7.46. The van der Waals surface area contributed by atoms with Crippen LogP contribution in [0.2, 0.25) is 0 Å². The average molecular weight is 441 g/mol. The Labute approximate surface area is 175 Å². The molecule has 0 aliphatic rings. The van der Waals surface area contributed by atoms with Gasteiger partial charge in [-0.3, -0.25) is 0 Å². The lowest BCUT2D eigenvalue weighted by atomic mass is 10.0. The molecule has 2 aromatic carbocycles. The van der Waals surface area contributed by atoms with Crippen molar-refractivity contribution in [1.29, 1.82) is 0 Å². The molecule has 158 valence electrons. The number of phenols is 3. The van der Waals surface area contributed by atoms with Crippen LogP contribution in [0.4, 0.5) is 5.82 Å². The maximum Gasteiger partial charge on any atom is 0.306 e. The maximum absolute atomic E-state index is 11.5. The molecule has 0 fully saturated rings. The molecule has 0 unspecified atom stereocenters. The second-order valence-electron chi connectivity index (χ2n) is 6.53. The minimum Gasteiger partial charge on any atom is -0.504 e. The lowest BCUT2D eigenvalue weighted by Crippen LogP contribution is -2.06. The standard InChI is InChI=1S/C19H15N5O6S/c1-31(28,29)30-14-7-10(3-5-12(14)26)16-15(9-2-4-11(25)13(27)6-9)23-17-18(20)21-8-22-19(17)24-16/h2-8,25-27H,1H3,(H2,20,21,22,24). The van der Waals surface area contributed by atoms with E-state index in [2.05, 4.69) is 19.9 Å². The Hall–Kier alpha value is -4.19. The molecule has 5 N–H and O–H groups in total. The molecule has 12 heteroatoms. The van der Waals surface area contributed by atoms with Gasteiger partial charge in [0.2, 0.25) is 0 Å². The van der Waals surface area contributed by atoms with Crippen molar-refractivity contribution in [3.8, 4) is 45.5 Å². The fourth-order valence-corrected chi connectivity index (χ4v) is 3.32. The first-order valence-corrected chi connectivity index (χ1v) is 10.5. The molecule has 0 atom stereocenters. The van der Waals surface area contributed by atoms with Crippen LogP contribution < -0.4 is 9.92 Å². The molecule has 4 aromatic rings. The minimum absolute atomic E-state index is 0.0834. The van der Waals surface area contributed by atoms with E-state index in [4.69, 9.17) is 9.92 Å². The predicted molar refractivity (Wildman–Crippen MR) is 111 cm³/mol. The molecule has 0 aliphatic carbocycles. The zero-order valence-corrected chi connectivity index (χ0v) is 16.7. The van der Waals surface area contributed by atoms with Crippen LogP contribution in [0.25, 0.3) is 33.7 Å². The van der Waals surface area contributed by atoms with Gasteiger partial charge < -0.3 is 25.2 Å². The Morgan fingerprint density at radius 2 is 1.52 bits per heavy atom. The number of phenolic OH excluding ortho intramolecular Hbond substituents is 3. The van der Waals surface area contributed by atoms with E-state index in [-0.39, 0.29) is 45.6 Å². The number of fused-ring (bicyclic) bond motifs is 1. The summed E-state index contributed by atoms with van der Waals surface area (Å²) < 4.78 is 27.9. The quantitative estimate of drug-likeness (QED) is 0.267. The van der Waals surface area contributed by atoms with E-state index in [1.54, 1.807) is 0 Å². The van der Waals surface area contributed by atoms with Crippen LogP contribution >= 0.6 is 0 Å². The second-order valence-corrected chi connectivity index (χ2v) is 8.10. The summed E-state index contributed by atoms with van der Waals surface area (Å²) in [6.07, 6.45) is 2.07. The van der Waals surface area contributed by atoms with Crippen LogP contribution in [0.15, 0.2) is 42.7 Å². The highest BCUT2D eigenvalue weighted by atomic mass is 32.2. The average Bonchev–Trinajstić information content (AvgIpc) is 2.70. The van der Waals surface area contributed by atoms with Gasteiger partial charge in [0.15, 0.2) is 40.0 Å². The van der Waals surface area contributed by atoms with Crippen molar-refractivity contribution >= 4 is 27.1 Å². The van der Waals surface area contributed by atoms with E-state index in [0.717, 1.165) is 6.26 Å². The Balaban J connectivity index is 2.01. The van der Waals surface area contributed by atoms with Crippen molar-refractivity contribution in [2.45, 2.75) is 0 Å². The van der Waals surface area contributed by atoms with E-state index in [1.807, 2.05) is 0 Å². The highest BCUT2D eigenvalue weighted by Gasteiger charge is 2.19. The normalized spacial score (nSPS) is 11.5.